The van der Waals surface area contributed by atoms with E-state index in [-0.39, 0.29) is 0 Å². The number of hydrogen-bond donors (Lipinski definition) is 1. The molecule has 0 aliphatic rings. The molecular weight excluding hydrogens is 308 g/mol. The highest BCUT2D eigenvalue weighted by Crippen LogP contribution is 2.31. The summed E-state index contributed by atoms with van der Waals surface area (Å²) in [6.07, 6.45) is 3.10. The van der Waals surface area contributed by atoms with Gasteiger partial charge in [-0.1, -0.05) is 11.6 Å². The molecule has 2 aromatic heterocycles. The maximum Gasteiger partial charge on any atom is 0.181 e. The highest BCUT2D eigenvalue weighted by Gasteiger charge is 2.08. The van der Waals surface area contributed by atoms with Crippen LogP contribution in [0, 0.1) is 0 Å². The summed E-state index contributed by atoms with van der Waals surface area (Å²) in [5.41, 5.74) is 2.98. The number of rotatable bonds is 5. The highest BCUT2D eigenvalue weighted by molar-refractivity contribution is 7.14. The summed E-state index contributed by atoms with van der Waals surface area (Å²) in [6.45, 7) is 0.680. The van der Waals surface area contributed by atoms with E-state index in [1.807, 2.05) is 29.6 Å². The quantitative estimate of drug-likeness (QED) is 0.741. The predicted molar refractivity (Wildman–Crippen MR) is 85.1 cm³/mol. The van der Waals surface area contributed by atoms with E-state index >= 15 is 0 Å². The zero-order valence-electron chi connectivity index (χ0n) is 11.3. The van der Waals surface area contributed by atoms with Gasteiger partial charge in [0.25, 0.3) is 0 Å². The summed E-state index contributed by atoms with van der Waals surface area (Å²) in [6, 6.07) is 7.77. The number of benzene rings is 1. The third-order valence-electron chi connectivity index (χ3n) is 3.02. The molecule has 0 aliphatic carbocycles. The van der Waals surface area contributed by atoms with Gasteiger partial charge in [0.05, 0.1) is 23.3 Å². The Balaban J connectivity index is 1.83. The van der Waals surface area contributed by atoms with Gasteiger partial charge in [-0.05, 0) is 35.2 Å². The van der Waals surface area contributed by atoms with Gasteiger partial charge in [0.1, 0.15) is 5.75 Å². The third kappa shape index (κ3) is 3.20. The van der Waals surface area contributed by atoms with Gasteiger partial charge in [0.2, 0.25) is 0 Å². The molecule has 0 saturated heterocycles. The zero-order valence-corrected chi connectivity index (χ0v) is 12.9. The molecule has 0 spiro atoms. The minimum Gasteiger partial charge on any atom is -0.495 e. The molecular formula is C15H13ClN2O2S. The van der Waals surface area contributed by atoms with Crippen molar-refractivity contribution in [2.75, 3.05) is 12.4 Å². The van der Waals surface area contributed by atoms with Crippen molar-refractivity contribution in [3.05, 3.63) is 52.1 Å². The van der Waals surface area contributed by atoms with Crippen LogP contribution in [0.4, 0.5) is 5.69 Å². The zero-order chi connectivity index (χ0) is 14.7. The highest BCUT2D eigenvalue weighted by atomic mass is 35.5. The molecule has 0 atom stereocenters. The number of methoxy groups -OCH3 is 1. The van der Waals surface area contributed by atoms with Crippen LogP contribution in [0.1, 0.15) is 5.56 Å². The van der Waals surface area contributed by atoms with Crippen molar-refractivity contribution in [2.45, 2.75) is 6.54 Å². The van der Waals surface area contributed by atoms with Crippen LogP contribution >= 0.6 is 22.9 Å². The topological polar surface area (TPSA) is 47.3 Å². The average molecular weight is 321 g/mol. The first-order chi connectivity index (χ1) is 10.3. The Hall–Kier alpha value is -1.98. The standard InChI is InChI=1S/C15H13ClN2O2S/c1-19-13-3-2-11(14-7-17-9-20-14)5-12(13)18-6-10-4-15(16)21-8-10/h2-5,7-9,18H,6H2,1H3. The summed E-state index contributed by atoms with van der Waals surface area (Å²) in [7, 11) is 1.65. The van der Waals surface area contributed by atoms with E-state index < -0.39 is 0 Å². The fraction of sp³-hybridized carbons (Fsp3) is 0.133. The first kappa shape index (κ1) is 14.0. The Labute approximate surface area is 131 Å². The average Bonchev–Trinajstić information content (AvgIpc) is 3.16. The molecule has 0 radical (unpaired) electrons. The van der Waals surface area contributed by atoms with Crippen molar-refractivity contribution < 1.29 is 9.15 Å². The van der Waals surface area contributed by atoms with Gasteiger partial charge >= 0.3 is 0 Å². The van der Waals surface area contributed by atoms with Gasteiger partial charge < -0.3 is 14.5 Å². The maximum atomic E-state index is 5.94. The summed E-state index contributed by atoms with van der Waals surface area (Å²) < 4.78 is 11.5. The normalized spacial score (nSPS) is 10.6. The maximum absolute atomic E-state index is 5.94. The molecule has 2 heterocycles. The number of halogens is 1. The van der Waals surface area contributed by atoms with E-state index in [4.69, 9.17) is 20.8 Å². The SMILES string of the molecule is COc1ccc(-c2cnco2)cc1NCc1csc(Cl)c1. The Kier molecular flexibility index (Phi) is 4.13. The Bertz CT molecular complexity index is 725. The van der Waals surface area contributed by atoms with Crippen LogP contribution in [0.25, 0.3) is 11.3 Å². The molecule has 3 aromatic rings. The van der Waals surface area contributed by atoms with Crippen molar-refractivity contribution in [2.24, 2.45) is 0 Å². The van der Waals surface area contributed by atoms with Crippen molar-refractivity contribution in [3.8, 4) is 17.1 Å². The second-order valence-electron chi connectivity index (χ2n) is 4.39. The van der Waals surface area contributed by atoms with Crippen molar-refractivity contribution in [3.63, 3.8) is 0 Å². The largest absolute Gasteiger partial charge is 0.495 e. The second-order valence-corrected chi connectivity index (χ2v) is 5.94. The first-order valence-electron chi connectivity index (χ1n) is 6.30. The third-order valence-corrected chi connectivity index (χ3v) is 4.16. The van der Waals surface area contributed by atoms with E-state index in [9.17, 15) is 0 Å². The van der Waals surface area contributed by atoms with Crippen LogP contribution in [0.5, 0.6) is 5.75 Å². The van der Waals surface area contributed by atoms with Gasteiger partial charge in [-0.25, -0.2) is 4.98 Å². The second kappa shape index (κ2) is 6.20. The molecule has 3 rings (SSSR count). The molecule has 0 saturated carbocycles. The number of ether oxygens (including phenoxy) is 1. The molecule has 0 aliphatic heterocycles. The molecule has 6 heteroatoms. The summed E-state index contributed by atoms with van der Waals surface area (Å²) >= 11 is 7.46. The molecule has 108 valence electrons. The number of oxazole rings is 1. The van der Waals surface area contributed by atoms with Crippen molar-refractivity contribution >= 4 is 28.6 Å². The molecule has 0 fully saturated rings. The van der Waals surface area contributed by atoms with Crippen LogP contribution in [-0.2, 0) is 6.54 Å². The fourth-order valence-corrected chi connectivity index (χ4v) is 2.90. The molecule has 4 nitrogen and oxygen atoms in total. The van der Waals surface area contributed by atoms with Gasteiger partial charge in [-0.3, -0.25) is 0 Å². The van der Waals surface area contributed by atoms with Crippen LogP contribution in [0.15, 0.2) is 46.7 Å². The van der Waals surface area contributed by atoms with E-state index in [2.05, 4.69) is 10.3 Å². The van der Waals surface area contributed by atoms with Crippen LogP contribution in [0.3, 0.4) is 0 Å². The molecule has 1 aromatic carbocycles. The Morgan fingerprint density at radius 3 is 2.95 bits per heavy atom. The van der Waals surface area contributed by atoms with Crippen LogP contribution < -0.4 is 10.1 Å². The summed E-state index contributed by atoms with van der Waals surface area (Å²) in [5, 5.41) is 5.39. The predicted octanol–water partition coefficient (Wildman–Crippen LogP) is 4.68. The molecule has 0 unspecified atom stereocenters. The lowest BCUT2D eigenvalue weighted by Gasteiger charge is -2.11. The number of hydrogen-bond acceptors (Lipinski definition) is 5. The van der Waals surface area contributed by atoms with Crippen molar-refractivity contribution in [1.82, 2.24) is 4.98 Å². The number of anilines is 1. The number of nitrogens with one attached hydrogen (secondary N) is 1. The lowest BCUT2D eigenvalue weighted by atomic mass is 10.1. The van der Waals surface area contributed by atoms with E-state index in [1.165, 1.54) is 17.7 Å². The van der Waals surface area contributed by atoms with Gasteiger partial charge in [-0.2, -0.15) is 0 Å². The van der Waals surface area contributed by atoms with Gasteiger partial charge in [0.15, 0.2) is 12.2 Å². The number of thiophene rings is 1. The van der Waals surface area contributed by atoms with Gasteiger partial charge in [0, 0.05) is 12.1 Å². The lowest BCUT2D eigenvalue weighted by Crippen LogP contribution is -2.00. The van der Waals surface area contributed by atoms with E-state index in [1.54, 1.807) is 13.3 Å². The first-order valence-corrected chi connectivity index (χ1v) is 7.55. The summed E-state index contributed by atoms with van der Waals surface area (Å²) in [4.78, 5) is 3.94. The van der Waals surface area contributed by atoms with E-state index in [0.29, 0.717) is 6.54 Å². The molecule has 1 N–H and O–H groups in total. The monoisotopic (exact) mass is 320 g/mol. The lowest BCUT2D eigenvalue weighted by molar-refractivity contribution is 0.416. The smallest absolute Gasteiger partial charge is 0.181 e. The number of aromatic nitrogens is 1. The summed E-state index contributed by atoms with van der Waals surface area (Å²) in [5.74, 6) is 1.50. The van der Waals surface area contributed by atoms with Gasteiger partial charge in [-0.15, -0.1) is 11.3 Å². The Morgan fingerprint density at radius 2 is 2.29 bits per heavy atom. The minimum atomic E-state index is 0.680. The van der Waals surface area contributed by atoms with Crippen molar-refractivity contribution in [1.29, 1.82) is 0 Å². The molecule has 0 bridgehead atoms. The Morgan fingerprint density at radius 1 is 1.38 bits per heavy atom. The van der Waals surface area contributed by atoms with Crippen LogP contribution in [-0.4, -0.2) is 12.1 Å². The van der Waals surface area contributed by atoms with Crippen LogP contribution in [0.2, 0.25) is 4.34 Å². The molecule has 0 amide bonds. The van der Waals surface area contributed by atoms with E-state index in [0.717, 1.165) is 32.7 Å². The fourth-order valence-electron chi connectivity index (χ4n) is 1.99. The number of nitrogens with zero attached hydrogens (tertiary/aromatic N) is 1. The minimum absolute atomic E-state index is 0.680. The molecule has 21 heavy (non-hydrogen) atoms.